The second-order valence-electron chi connectivity index (χ2n) is 4.24. The Morgan fingerprint density at radius 1 is 1.50 bits per heavy atom. The third-order valence-corrected chi connectivity index (χ3v) is 2.55. The predicted molar refractivity (Wildman–Crippen MR) is 62.7 cm³/mol. The van der Waals surface area contributed by atoms with E-state index in [-0.39, 0.29) is 12.1 Å². The maximum Gasteiger partial charge on any atom is 0.426 e. The van der Waals surface area contributed by atoms with Crippen molar-refractivity contribution in [1.82, 2.24) is 10.4 Å². The molecule has 1 aliphatic rings. The molecule has 92 valence electrons. The van der Waals surface area contributed by atoms with Gasteiger partial charge in [-0.1, -0.05) is 12.2 Å². The summed E-state index contributed by atoms with van der Waals surface area (Å²) in [4.78, 5) is 16.3. The van der Waals surface area contributed by atoms with Gasteiger partial charge in [0.1, 0.15) is 0 Å². The predicted octanol–water partition coefficient (Wildman–Crippen LogP) is 1.02. The molecule has 0 unspecified atom stereocenters. The third kappa shape index (κ3) is 4.63. The maximum atomic E-state index is 11.4. The highest BCUT2D eigenvalue weighted by molar-refractivity contribution is 5.67. The zero-order chi connectivity index (χ0) is 12.0. The summed E-state index contributed by atoms with van der Waals surface area (Å²) in [6.07, 6.45) is 7.57. The molecule has 1 rings (SSSR count). The fourth-order valence-corrected chi connectivity index (χ4v) is 1.73. The Labute approximate surface area is 96.6 Å². The number of carbonyl (C=O) groups excluding carboxylic acids is 1. The first-order valence-electron chi connectivity index (χ1n) is 5.66. The zero-order valence-electron chi connectivity index (χ0n) is 9.98. The highest BCUT2D eigenvalue weighted by Crippen LogP contribution is 2.11. The number of nitrogens with zero attached hydrogens (tertiary/aromatic N) is 1. The number of nitrogens with two attached hydrogens (primary N) is 1. The van der Waals surface area contributed by atoms with E-state index < -0.39 is 6.09 Å². The monoisotopic (exact) mass is 227 g/mol. The van der Waals surface area contributed by atoms with Crippen LogP contribution >= 0.6 is 0 Å². The van der Waals surface area contributed by atoms with Crippen LogP contribution in [-0.4, -0.2) is 37.3 Å². The van der Waals surface area contributed by atoms with Gasteiger partial charge in [-0.25, -0.2) is 4.79 Å². The molecule has 0 aliphatic heterocycles. The number of nitrogens with one attached hydrogen (secondary N) is 1. The lowest BCUT2D eigenvalue weighted by atomic mass is 9.97. The summed E-state index contributed by atoms with van der Waals surface area (Å²) >= 11 is 0. The van der Waals surface area contributed by atoms with Gasteiger partial charge < -0.3 is 15.9 Å². The first-order chi connectivity index (χ1) is 7.59. The molecule has 0 heterocycles. The number of rotatable bonds is 2. The minimum Gasteiger partial charge on any atom is -0.352 e. The summed E-state index contributed by atoms with van der Waals surface area (Å²) in [6, 6.07) is -0.0383. The molecule has 0 saturated heterocycles. The number of allylic oxidation sites excluding steroid dienone is 1. The quantitative estimate of drug-likeness (QED) is 0.546. The molecule has 0 bridgehead atoms. The molecule has 0 aromatic heterocycles. The Balaban J connectivity index is 2.44. The molecule has 0 aromatic carbocycles. The Hall–Kier alpha value is -1.07. The highest BCUT2D eigenvalue weighted by Gasteiger charge is 2.20. The molecule has 0 aromatic rings. The minimum absolute atomic E-state index is 0.00241. The lowest BCUT2D eigenvalue weighted by Gasteiger charge is -2.25. The number of amides is 1. The lowest BCUT2D eigenvalue weighted by molar-refractivity contribution is -0.0565. The van der Waals surface area contributed by atoms with Crippen molar-refractivity contribution in [2.75, 3.05) is 14.1 Å². The van der Waals surface area contributed by atoms with Gasteiger partial charge in [-0.3, -0.25) is 0 Å². The molecule has 1 amide bonds. The Morgan fingerprint density at radius 2 is 2.25 bits per heavy atom. The van der Waals surface area contributed by atoms with Crippen LogP contribution in [0.25, 0.3) is 0 Å². The normalized spacial score (nSPS) is 26.0. The van der Waals surface area contributed by atoms with E-state index in [1.165, 1.54) is 5.06 Å². The molecular weight excluding hydrogens is 206 g/mol. The number of hydrogen-bond donors (Lipinski definition) is 2. The Kier molecular flexibility index (Phi) is 5.28. The molecule has 3 N–H and O–H groups in total. The third-order valence-electron chi connectivity index (χ3n) is 2.55. The molecule has 5 heteroatoms. The van der Waals surface area contributed by atoms with E-state index in [4.69, 9.17) is 10.6 Å². The van der Waals surface area contributed by atoms with Crippen LogP contribution in [0.1, 0.15) is 25.7 Å². The number of hydroxylamine groups is 2. The summed E-state index contributed by atoms with van der Waals surface area (Å²) in [5, 5.41) is 4.17. The van der Waals surface area contributed by atoms with Gasteiger partial charge in [0.15, 0.2) is 0 Å². The van der Waals surface area contributed by atoms with Crippen molar-refractivity contribution in [2.24, 2.45) is 5.73 Å². The zero-order valence-corrected chi connectivity index (χ0v) is 9.98. The van der Waals surface area contributed by atoms with Crippen molar-refractivity contribution < 1.29 is 9.63 Å². The van der Waals surface area contributed by atoms with Crippen molar-refractivity contribution in [3.05, 3.63) is 12.2 Å². The summed E-state index contributed by atoms with van der Waals surface area (Å²) in [5.41, 5.74) is 5.99. The smallest absolute Gasteiger partial charge is 0.352 e. The van der Waals surface area contributed by atoms with E-state index in [0.717, 1.165) is 25.7 Å². The van der Waals surface area contributed by atoms with Crippen LogP contribution in [0.3, 0.4) is 0 Å². The molecule has 0 saturated carbocycles. The van der Waals surface area contributed by atoms with Gasteiger partial charge in [0.2, 0.25) is 0 Å². The fourth-order valence-electron chi connectivity index (χ4n) is 1.73. The SMILES string of the molecule is CN(C)OC(=O)N[C@@H]1CCCC=CC[C@H]1N. The summed E-state index contributed by atoms with van der Waals surface area (Å²) in [7, 11) is 3.33. The van der Waals surface area contributed by atoms with Crippen molar-refractivity contribution >= 4 is 6.09 Å². The first kappa shape index (κ1) is 13.0. The highest BCUT2D eigenvalue weighted by atomic mass is 16.7. The van der Waals surface area contributed by atoms with E-state index in [9.17, 15) is 4.79 Å². The Morgan fingerprint density at radius 3 is 2.94 bits per heavy atom. The summed E-state index contributed by atoms with van der Waals surface area (Å²) in [6.45, 7) is 0. The van der Waals surface area contributed by atoms with Crippen LogP contribution in [0.2, 0.25) is 0 Å². The van der Waals surface area contributed by atoms with Crippen molar-refractivity contribution in [1.29, 1.82) is 0 Å². The molecule has 0 radical (unpaired) electrons. The van der Waals surface area contributed by atoms with Gasteiger partial charge in [-0.15, -0.1) is 5.06 Å². The van der Waals surface area contributed by atoms with E-state index in [0.29, 0.717) is 0 Å². The largest absolute Gasteiger partial charge is 0.426 e. The van der Waals surface area contributed by atoms with Gasteiger partial charge in [0, 0.05) is 26.2 Å². The molecular formula is C11H21N3O2. The van der Waals surface area contributed by atoms with Gasteiger partial charge >= 0.3 is 6.09 Å². The van der Waals surface area contributed by atoms with E-state index in [1.54, 1.807) is 14.1 Å². The number of carbonyl (C=O) groups is 1. The Bertz CT molecular complexity index is 254. The second-order valence-corrected chi connectivity index (χ2v) is 4.24. The first-order valence-corrected chi connectivity index (χ1v) is 5.66. The standard InChI is InChI=1S/C11H21N3O2/c1-14(2)16-11(15)13-10-8-6-4-3-5-7-9(10)12/h3,5,9-10H,4,6-8,12H2,1-2H3,(H,13,15)/t9-,10-/m1/s1. The van der Waals surface area contributed by atoms with Crippen LogP contribution in [0.5, 0.6) is 0 Å². The van der Waals surface area contributed by atoms with Crippen LogP contribution in [-0.2, 0) is 4.84 Å². The van der Waals surface area contributed by atoms with E-state index >= 15 is 0 Å². The summed E-state index contributed by atoms with van der Waals surface area (Å²) in [5.74, 6) is 0. The summed E-state index contributed by atoms with van der Waals surface area (Å²) < 4.78 is 0. The van der Waals surface area contributed by atoms with Crippen molar-refractivity contribution in [3.63, 3.8) is 0 Å². The van der Waals surface area contributed by atoms with Crippen molar-refractivity contribution in [3.8, 4) is 0 Å². The number of hydrogen-bond acceptors (Lipinski definition) is 4. The topological polar surface area (TPSA) is 67.6 Å². The average Bonchev–Trinajstić information content (AvgIpc) is 2.16. The van der Waals surface area contributed by atoms with E-state index in [2.05, 4.69) is 17.5 Å². The minimum atomic E-state index is -0.435. The maximum absolute atomic E-state index is 11.4. The van der Waals surface area contributed by atoms with Crippen molar-refractivity contribution in [2.45, 2.75) is 37.8 Å². The van der Waals surface area contributed by atoms with Crippen LogP contribution < -0.4 is 11.1 Å². The fraction of sp³-hybridized carbons (Fsp3) is 0.727. The average molecular weight is 227 g/mol. The van der Waals surface area contributed by atoms with Gasteiger partial charge in [-0.05, 0) is 25.7 Å². The van der Waals surface area contributed by atoms with Gasteiger partial charge in [-0.2, -0.15) is 0 Å². The van der Waals surface area contributed by atoms with Gasteiger partial charge in [0.25, 0.3) is 0 Å². The lowest BCUT2D eigenvalue weighted by Crippen LogP contribution is -2.48. The van der Waals surface area contributed by atoms with Crippen LogP contribution in [0.15, 0.2) is 12.2 Å². The molecule has 5 nitrogen and oxygen atoms in total. The molecule has 0 fully saturated rings. The van der Waals surface area contributed by atoms with Crippen LogP contribution in [0.4, 0.5) is 4.79 Å². The van der Waals surface area contributed by atoms with Gasteiger partial charge in [0.05, 0.1) is 0 Å². The molecule has 0 spiro atoms. The molecule has 1 aliphatic carbocycles. The molecule has 2 atom stereocenters. The second kappa shape index (κ2) is 6.50. The van der Waals surface area contributed by atoms with Crippen LogP contribution in [0, 0.1) is 0 Å². The van der Waals surface area contributed by atoms with E-state index in [1.807, 2.05) is 0 Å². The molecule has 16 heavy (non-hydrogen) atoms.